The molecule has 35 heavy (non-hydrogen) atoms. The highest BCUT2D eigenvalue weighted by molar-refractivity contribution is 7.89. The summed E-state index contributed by atoms with van der Waals surface area (Å²) in [6.45, 7) is 3.27. The average Bonchev–Trinajstić information content (AvgIpc) is 2.84. The quantitative estimate of drug-likeness (QED) is 0.470. The lowest BCUT2D eigenvalue weighted by atomic mass is 10.2. The van der Waals surface area contributed by atoms with Crippen molar-refractivity contribution in [1.29, 1.82) is 0 Å². The lowest BCUT2D eigenvalue weighted by Crippen LogP contribution is -2.52. The van der Waals surface area contributed by atoms with Gasteiger partial charge in [0.2, 0.25) is 15.9 Å². The van der Waals surface area contributed by atoms with E-state index >= 15 is 0 Å². The molecule has 1 aliphatic rings. The van der Waals surface area contributed by atoms with Gasteiger partial charge in [-0.3, -0.25) is 4.79 Å². The zero-order valence-electron chi connectivity index (χ0n) is 19.4. The zero-order chi connectivity index (χ0) is 25.0. The summed E-state index contributed by atoms with van der Waals surface area (Å²) in [5.74, 6) is -0.597. The molecule has 1 saturated heterocycles. The molecule has 9 heteroatoms. The van der Waals surface area contributed by atoms with Crippen molar-refractivity contribution in [3.8, 4) is 0 Å². The number of halogens is 2. The van der Waals surface area contributed by atoms with Crippen LogP contribution in [0.15, 0.2) is 77.7 Å². The van der Waals surface area contributed by atoms with Gasteiger partial charge in [-0.1, -0.05) is 53.6 Å². The van der Waals surface area contributed by atoms with Crippen LogP contribution in [-0.2, 0) is 21.4 Å². The van der Waals surface area contributed by atoms with Crippen LogP contribution in [-0.4, -0.2) is 56.3 Å². The maximum atomic E-state index is 14.1. The molecule has 1 amide bonds. The second kappa shape index (κ2) is 10.8. The SMILES string of the molecule is Cc1ccc(S(=O)(=O)N(CC(=O)N2CCN(c3ccccc3F)CC2)Cc2cccc(Cl)c2)cc1. The fourth-order valence-electron chi connectivity index (χ4n) is 4.08. The first-order valence-electron chi connectivity index (χ1n) is 11.3. The van der Waals surface area contributed by atoms with Crippen LogP contribution in [0.4, 0.5) is 10.1 Å². The number of nitrogens with zero attached hydrogens (tertiary/aromatic N) is 3. The summed E-state index contributed by atoms with van der Waals surface area (Å²) < 4.78 is 42.3. The van der Waals surface area contributed by atoms with Gasteiger partial charge in [0.25, 0.3) is 0 Å². The predicted octanol–water partition coefficient (Wildman–Crippen LogP) is 4.33. The summed E-state index contributed by atoms with van der Waals surface area (Å²) >= 11 is 6.11. The van der Waals surface area contributed by atoms with Gasteiger partial charge in [-0.05, 0) is 48.9 Å². The van der Waals surface area contributed by atoms with Gasteiger partial charge < -0.3 is 9.80 Å². The highest BCUT2D eigenvalue weighted by Gasteiger charge is 2.30. The molecule has 0 unspecified atom stereocenters. The highest BCUT2D eigenvalue weighted by Crippen LogP contribution is 2.23. The molecule has 4 rings (SSSR count). The van der Waals surface area contributed by atoms with Gasteiger partial charge in [-0.25, -0.2) is 12.8 Å². The molecule has 1 heterocycles. The molecule has 0 saturated carbocycles. The fraction of sp³-hybridized carbons (Fsp3) is 0.269. The van der Waals surface area contributed by atoms with E-state index in [2.05, 4.69) is 0 Å². The smallest absolute Gasteiger partial charge is 0.243 e. The third-order valence-corrected chi connectivity index (χ3v) is 8.08. The molecule has 0 aliphatic carbocycles. The van der Waals surface area contributed by atoms with Crippen molar-refractivity contribution < 1.29 is 17.6 Å². The first-order valence-corrected chi connectivity index (χ1v) is 13.1. The van der Waals surface area contributed by atoms with Gasteiger partial charge in [-0.15, -0.1) is 0 Å². The second-order valence-electron chi connectivity index (χ2n) is 8.54. The molecule has 0 bridgehead atoms. The number of carbonyl (C=O) groups is 1. The highest BCUT2D eigenvalue weighted by atomic mass is 35.5. The number of amides is 1. The molecule has 3 aromatic carbocycles. The maximum Gasteiger partial charge on any atom is 0.243 e. The Hall–Kier alpha value is -2.94. The van der Waals surface area contributed by atoms with Crippen LogP contribution in [0.3, 0.4) is 0 Å². The number of para-hydroxylation sites is 1. The van der Waals surface area contributed by atoms with E-state index in [0.29, 0.717) is 42.5 Å². The number of aryl methyl sites for hydroxylation is 1. The Kier molecular flexibility index (Phi) is 7.74. The van der Waals surface area contributed by atoms with Crippen molar-refractivity contribution in [3.63, 3.8) is 0 Å². The Morgan fingerprint density at radius 2 is 1.66 bits per heavy atom. The number of anilines is 1. The number of rotatable bonds is 7. The summed E-state index contributed by atoms with van der Waals surface area (Å²) in [7, 11) is -3.94. The molecule has 1 fully saturated rings. The summed E-state index contributed by atoms with van der Waals surface area (Å²) in [6.07, 6.45) is 0. The number of sulfonamides is 1. The first kappa shape index (κ1) is 25.2. The third kappa shape index (κ3) is 6.01. The Labute approximate surface area is 210 Å². The molecular weight excluding hydrogens is 489 g/mol. The van der Waals surface area contributed by atoms with Crippen LogP contribution in [0.1, 0.15) is 11.1 Å². The van der Waals surface area contributed by atoms with Crippen LogP contribution in [0.5, 0.6) is 0 Å². The molecule has 3 aromatic rings. The van der Waals surface area contributed by atoms with Gasteiger partial charge in [0.15, 0.2) is 0 Å². The minimum absolute atomic E-state index is 0.0116. The van der Waals surface area contributed by atoms with Gasteiger partial charge in [0, 0.05) is 37.7 Å². The molecule has 0 N–H and O–H groups in total. The van der Waals surface area contributed by atoms with Gasteiger partial charge in [-0.2, -0.15) is 4.31 Å². The van der Waals surface area contributed by atoms with Gasteiger partial charge in [0.1, 0.15) is 5.82 Å². The van der Waals surface area contributed by atoms with Gasteiger partial charge >= 0.3 is 0 Å². The van der Waals surface area contributed by atoms with Crippen LogP contribution in [0.2, 0.25) is 5.02 Å². The molecule has 0 radical (unpaired) electrons. The Morgan fingerprint density at radius 3 is 2.31 bits per heavy atom. The second-order valence-corrected chi connectivity index (χ2v) is 10.9. The van der Waals surface area contributed by atoms with E-state index in [0.717, 1.165) is 5.56 Å². The molecular formula is C26H27ClFN3O3S. The molecule has 6 nitrogen and oxygen atoms in total. The third-order valence-electron chi connectivity index (χ3n) is 6.04. The number of piperazine rings is 1. The molecule has 0 spiro atoms. The first-order chi connectivity index (χ1) is 16.7. The Balaban J connectivity index is 1.51. The number of carbonyl (C=O) groups excluding carboxylic acids is 1. The summed E-state index contributed by atoms with van der Waals surface area (Å²) in [5, 5.41) is 0.491. The van der Waals surface area contributed by atoms with E-state index in [-0.39, 0.29) is 29.7 Å². The topological polar surface area (TPSA) is 60.9 Å². The lowest BCUT2D eigenvalue weighted by Gasteiger charge is -2.37. The molecule has 1 aliphatic heterocycles. The Morgan fingerprint density at radius 1 is 0.971 bits per heavy atom. The minimum Gasteiger partial charge on any atom is -0.366 e. The molecule has 184 valence electrons. The van der Waals surface area contributed by atoms with Crippen molar-refractivity contribution in [2.24, 2.45) is 0 Å². The van der Waals surface area contributed by atoms with Crippen molar-refractivity contribution in [2.75, 3.05) is 37.6 Å². The summed E-state index contributed by atoms with van der Waals surface area (Å²) in [6, 6.07) is 20.0. The Bertz CT molecular complexity index is 1290. The molecule has 0 aromatic heterocycles. The number of benzene rings is 3. The van der Waals surface area contributed by atoms with Crippen molar-refractivity contribution in [3.05, 3.63) is 94.8 Å². The standard InChI is InChI=1S/C26H27ClFN3O3S/c1-20-9-11-23(12-10-20)35(33,34)31(18-21-5-4-6-22(27)17-21)19-26(32)30-15-13-29(14-16-30)25-8-3-2-7-24(25)28/h2-12,17H,13-16,18-19H2,1H3. The zero-order valence-corrected chi connectivity index (χ0v) is 21.0. The lowest BCUT2D eigenvalue weighted by molar-refractivity contribution is -0.131. The van der Waals surface area contributed by atoms with Crippen LogP contribution < -0.4 is 4.90 Å². The summed E-state index contributed by atoms with van der Waals surface area (Å²) in [4.78, 5) is 16.9. The van der Waals surface area contributed by atoms with E-state index in [1.54, 1.807) is 71.6 Å². The molecule has 0 atom stereocenters. The van der Waals surface area contributed by atoms with E-state index in [4.69, 9.17) is 11.6 Å². The van der Waals surface area contributed by atoms with Crippen LogP contribution in [0, 0.1) is 12.7 Å². The van der Waals surface area contributed by atoms with Crippen molar-refractivity contribution >= 4 is 33.2 Å². The number of hydrogen-bond acceptors (Lipinski definition) is 4. The average molecular weight is 516 g/mol. The summed E-state index contributed by atoms with van der Waals surface area (Å²) in [5.41, 5.74) is 2.13. The van der Waals surface area contributed by atoms with E-state index in [9.17, 15) is 17.6 Å². The normalized spacial score (nSPS) is 14.4. The van der Waals surface area contributed by atoms with E-state index < -0.39 is 10.0 Å². The van der Waals surface area contributed by atoms with E-state index in [1.807, 2.05) is 11.8 Å². The maximum absolute atomic E-state index is 14.1. The largest absolute Gasteiger partial charge is 0.366 e. The minimum atomic E-state index is -3.94. The predicted molar refractivity (Wildman–Crippen MR) is 135 cm³/mol. The van der Waals surface area contributed by atoms with Crippen molar-refractivity contribution in [1.82, 2.24) is 9.21 Å². The number of hydrogen-bond donors (Lipinski definition) is 0. The van der Waals surface area contributed by atoms with Crippen LogP contribution >= 0.6 is 11.6 Å². The van der Waals surface area contributed by atoms with Crippen molar-refractivity contribution in [2.45, 2.75) is 18.4 Å². The van der Waals surface area contributed by atoms with E-state index in [1.165, 1.54) is 10.4 Å². The van der Waals surface area contributed by atoms with Crippen LogP contribution in [0.25, 0.3) is 0 Å². The fourth-order valence-corrected chi connectivity index (χ4v) is 5.67. The monoisotopic (exact) mass is 515 g/mol. The van der Waals surface area contributed by atoms with Gasteiger partial charge in [0.05, 0.1) is 17.1 Å².